The Morgan fingerprint density at radius 3 is 2.51 bits per heavy atom. The van der Waals surface area contributed by atoms with E-state index in [1.165, 1.54) is 13.3 Å². The SMILES string of the molecule is N#Cc1ccc(N(C2CC2)S(=O)(=O)N2CCC(n3ncc(NCC4CCCOC4)c(Cl)c3=O)CC2)cc1. The molecule has 10 nitrogen and oxygen atoms in total. The largest absolute Gasteiger partial charge is 0.382 e. The Balaban J connectivity index is 1.25. The fourth-order valence-electron chi connectivity index (χ4n) is 5.02. The summed E-state index contributed by atoms with van der Waals surface area (Å²) >= 11 is 6.41. The van der Waals surface area contributed by atoms with E-state index in [2.05, 4.69) is 16.5 Å². The lowest BCUT2D eigenvalue weighted by Gasteiger charge is -2.36. The van der Waals surface area contributed by atoms with Gasteiger partial charge in [-0.25, -0.2) is 4.68 Å². The molecular weight excluding hydrogens is 516 g/mol. The summed E-state index contributed by atoms with van der Waals surface area (Å²) in [6, 6.07) is 8.40. The van der Waals surface area contributed by atoms with Crippen molar-refractivity contribution in [3.8, 4) is 6.07 Å². The fraction of sp³-hybridized carbons (Fsp3) is 0.560. The summed E-state index contributed by atoms with van der Waals surface area (Å²) in [7, 11) is -3.75. The molecule has 37 heavy (non-hydrogen) atoms. The van der Waals surface area contributed by atoms with Crippen LogP contribution in [0.25, 0.3) is 0 Å². The monoisotopic (exact) mass is 546 g/mol. The van der Waals surface area contributed by atoms with Crippen molar-refractivity contribution in [2.45, 2.75) is 50.6 Å². The van der Waals surface area contributed by atoms with Gasteiger partial charge in [0.05, 0.1) is 41.9 Å². The average molecular weight is 547 g/mol. The van der Waals surface area contributed by atoms with E-state index in [9.17, 15) is 13.2 Å². The van der Waals surface area contributed by atoms with Crippen molar-refractivity contribution in [2.24, 2.45) is 5.92 Å². The molecule has 0 bridgehead atoms. The average Bonchev–Trinajstić information content (AvgIpc) is 3.75. The van der Waals surface area contributed by atoms with Gasteiger partial charge in [0.1, 0.15) is 5.02 Å². The second-order valence-electron chi connectivity index (χ2n) is 9.91. The van der Waals surface area contributed by atoms with Crippen molar-refractivity contribution in [3.63, 3.8) is 0 Å². The molecule has 0 radical (unpaired) electrons. The molecule has 198 valence electrons. The first-order valence-corrected chi connectivity index (χ1v) is 14.5. The van der Waals surface area contributed by atoms with Crippen LogP contribution in [0.2, 0.25) is 5.02 Å². The van der Waals surface area contributed by atoms with Gasteiger partial charge in [-0.15, -0.1) is 0 Å². The number of halogens is 1. The Bertz CT molecular complexity index is 1310. The van der Waals surface area contributed by atoms with Crippen molar-refractivity contribution in [2.75, 3.05) is 42.5 Å². The predicted octanol–water partition coefficient (Wildman–Crippen LogP) is 3.16. The maximum absolute atomic E-state index is 13.6. The van der Waals surface area contributed by atoms with Gasteiger partial charge in [-0.2, -0.15) is 23.1 Å². The van der Waals surface area contributed by atoms with Crippen molar-refractivity contribution in [3.05, 3.63) is 51.4 Å². The molecule has 0 amide bonds. The van der Waals surface area contributed by atoms with Crippen LogP contribution in [0.4, 0.5) is 11.4 Å². The highest BCUT2D eigenvalue weighted by molar-refractivity contribution is 7.90. The summed E-state index contributed by atoms with van der Waals surface area (Å²) < 4.78 is 37.1. The van der Waals surface area contributed by atoms with Crippen molar-refractivity contribution >= 4 is 33.2 Å². The number of ether oxygens (including phenoxy) is 1. The minimum atomic E-state index is -3.75. The van der Waals surface area contributed by atoms with Crippen LogP contribution in [0.15, 0.2) is 35.3 Å². The summed E-state index contributed by atoms with van der Waals surface area (Å²) in [6.07, 6.45) is 6.21. The van der Waals surface area contributed by atoms with Crippen molar-refractivity contribution in [1.29, 1.82) is 5.26 Å². The quantitative estimate of drug-likeness (QED) is 0.540. The Hall–Kier alpha value is -2.65. The standard InChI is InChI=1S/C25H31ClN6O4S/c26-24-23(28-15-19-2-1-13-36-17-19)16-29-31(25(24)33)20-9-11-30(12-10-20)37(34,35)32(22-7-8-22)21-5-3-18(14-27)4-6-21/h3-6,16,19-20,22,28H,1-2,7-13,15,17H2. The number of hydrogen-bond acceptors (Lipinski definition) is 7. The Morgan fingerprint density at radius 1 is 1.16 bits per heavy atom. The first kappa shape index (κ1) is 26.0. The minimum absolute atomic E-state index is 0.0704. The molecule has 1 aromatic heterocycles. The molecule has 3 fully saturated rings. The number of anilines is 2. The van der Waals surface area contributed by atoms with E-state index in [1.54, 1.807) is 30.5 Å². The van der Waals surface area contributed by atoms with Gasteiger partial charge in [0, 0.05) is 32.3 Å². The van der Waals surface area contributed by atoms with Crippen LogP contribution in [-0.2, 0) is 14.9 Å². The molecule has 1 unspecified atom stereocenters. The highest BCUT2D eigenvalue weighted by Crippen LogP contribution is 2.36. The molecule has 3 aliphatic rings. The second kappa shape index (κ2) is 11.0. The first-order valence-electron chi connectivity index (χ1n) is 12.8. The highest BCUT2D eigenvalue weighted by Gasteiger charge is 2.42. The highest BCUT2D eigenvalue weighted by atomic mass is 35.5. The topological polar surface area (TPSA) is 121 Å². The number of rotatable bonds is 8. The molecule has 12 heteroatoms. The van der Waals surface area contributed by atoms with Crippen LogP contribution in [0.1, 0.15) is 50.1 Å². The summed E-state index contributed by atoms with van der Waals surface area (Å²) in [4.78, 5) is 13.0. The zero-order valence-corrected chi connectivity index (χ0v) is 22.1. The minimum Gasteiger partial charge on any atom is -0.382 e. The Kier molecular flexibility index (Phi) is 7.72. The molecule has 2 aliphatic heterocycles. The molecular formula is C25H31ClN6O4S. The zero-order chi connectivity index (χ0) is 26.0. The van der Waals surface area contributed by atoms with Crippen LogP contribution >= 0.6 is 11.6 Å². The van der Waals surface area contributed by atoms with Gasteiger partial charge in [-0.05, 0) is 68.7 Å². The Labute approximate surface area is 221 Å². The summed E-state index contributed by atoms with van der Waals surface area (Å²) in [5.74, 6) is 0.373. The third kappa shape index (κ3) is 5.62. The van der Waals surface area contributed by atoms with Crippen LogP contribution in [0.5, 0.6) is 0 Å². The number of aromatic nitrogens is 2. The number of piperidine rings is 1. The van der Waals surface area contributed by atoms with E-state index in [4.69, 9.17) is 21.6 Å². The van der Waals surface area contributed by atoms with E-state index >= 15 is 0 Å². The molecule has 1 saturated carbocycles. The van der Waals surface area contributed by atoms with Crippen LogP contribution in [-0.4, -0.2) is 61.4 Å². The van der Waals surface area contributed by atoms with E-state index in [0.29, 0.717) is 48.8 Å². The van der Waals surface area contributed by atoms with Crippen molar-refractivity contribution in [1.82, 2.24) is 14.1 Å². The van der Waals surface area contributed by atoms with Gasteiger partial charge >= 0.3 is 10.2 Å². The fourth-order valence-corrected chi connectivity index (χ4v) is 7.12. The summed E-state index contributed by atoms with van der Waals surface area (Å²) in [5, 5.41) is 16.8. The Morgan fingerprint density at radius 2 is 1.89 bits per heavy atom. The number of nitrogens with one attached hydrogen (secondary N) is 1. The van der Waals surface area contributed by atoms with Gasteiger partial charge in [-0.3, -0.25) is 9.10 Å². The number of nitrogens with zero attached hydrogens (tertiary/aromatic N) is 5. The lowest BCUT2D eigenvalue weighted by atomic mass is 10.0. The second-order valence-corrected chi connectivity index (χ2v) is 12.1. The summed E-state index contributed by atoms with van der Waals surface area (Å²) in [6.45, 7) is 2.71. The number of hydrogen-bond donors (Lipinski definition) is 1. The number of nitriles is 1. The van der Waals surface area contributed by atoms with Gasteiger partial charge in [-0.1, -0.05) is 11.6 Å². The molecule has 2 saturated heterocycles. The van der Waals surface area contributed by atoms with E-state index in [1.807, 2.05) is 0 Å². The third-order valence-corrected chi connectivity index (χ3v) is 9.64. The first-order chi connectivity index (χ1) is 17.9. The molecule has 1 atom stereocenters. The van der Waals surface area contributed by atoms with Crippen LogP contribution in [0.3, 0.4) is 0 Å². The van der Waals surface area contributed by atoms with Crippen LogP contribution in [0, 0.1) is 17.2 Å². The lowest BCUT2D eigenvalue weighted by molar-refractivity contribution is 0.0595. The maximum atomic E-state index is 13.6. The normalized spacial score (nSPS) is 21.4. The zero-order valence-electron chi connectivity index (χ0n) is 20.6. The maximum Gasteiger partial charge on any atom is 0.304 e. The third-order valence-electron chi connectivity index (χ3n) is 7.25. The number of benzene rings is 1. The van der Waals surface area contributed by atoms with Crippen LogP contribution < -0.4 is 15.2 Å². The summed E-state index contributed by atoms with van der Waals surface area (Å²) in [5.41, 5.74) is 1.19. The van der Waals surface area contributed by atoms with Gasteiger partial charge in [0.15, 0.2) is 0 Å². The molecule has 1 aliphatic carbocycles. The molecule has 1 N–H and O–H groups in total. The van der Waals surface area contributed by atoms with E-state index < -0.39 is 10.2 Å². The van der Waals surface area contributed by atoms with Gasteiger partial charge < -0.3 is 10.1 Å². The smallest absolute Gasteiger partial charge is 0.304 e. The van der Waals surface area contributed by atoms with Crippen molar-refractivity contribution < 1.29 is 13.2 Å². The van der Waals surface area contributed by atoms with E-state index in [-0.39, 0.29) is 35.8 Å². The molecule has 2 aromatic rings. The lowest BCUT2D eigenvalue weighted by Crippen LogP contribution is -2.49. The van der Waals surface area contributed by atoms with E-state index in [0.717, 1.165) is 32.3 Å². The molecule has 1 aromatic carbocycles. The molecule has 0 spiro atoms. The van der Waals surface area contributed by atoms with Gasteiger partial charge in [0.2, 0.25) is 0 Å². The molecule has 5 rings (SSSR count). The predicted molar refractivity (Wildman–Crippen MR) is 141 cm³/mol. The van der Waals surface area contributed by atoms with Gasteiger partial charge in [0.25, 0.3) is 5.56 Å². The molecule has 3 heterocycles.